The van der Waals surface area contributed by atoms with Crippen LogP contribution in [0.5, 0.6) is 0 Å². The van der Waals surface area contributed by atoms with E-state index in [1.54, 1.807) is 0 Å². The number of hydrogen-bond donors (Lipinski definition) is 2. The van der Waals surface area contributed by atoms with Crippen molar-refractivity contribution in [2.75, 3.05) is 19.8 Å². The Hall–Kier alpha value is -1.43. The van der Waals surface area contributed by atoms with E-state index >= 15 is 0 Å². The Bertz CT molecular complexity index is 495. The van der Waals surface area contributed by atoms with Gasteiger partial charge in [0.25, 0.3) is 5.91 Å². The number of aliphatic hydroxyl groups excluding tert-OH is 1. The van der Waals surface area contributed by atoms with Gasteiger partial charge in [0.2, 0.25) is 0 Å². The second kappa shape index (κ2) is 9.01. The number of nitrogens with zero attached hydrogens (tertiary/aromatic N) is 2. The fourth-order valence-corrected chi connectivity index (χ4v) is 2.26. The molecule has 5 nitrogen and oxygen atoms in total. The van der Waals surface area contributed by atoms with E-state index in [9.17, 15) is 9.18 Å². The van der Waals surface area contributed by atoms with Gasteiger partial charge in [-0.25, -0.2) is 0 Å². The lowest BCUT2D eigenvalue weighted by Gasteiger charge is -2.20. The predicted octanol–water partition coefficient (Wildman–Crippen LogP) is 2.68. The summed E-state index contributed by atoms with van der Waals surface area (Å²) in [4.78, 5) is 12.2. The molecule has 1 rings (SSSR count). The van der Waals surface area contributed by atoms with E-state index in [0.717, 1.165) is 18.5 Å². The number of carbonyl (C=O) groups is 1. The standard InChI is InChI=1S/C17H30FN3O2/c1-13(12-22)11-19-16(23)14-10-15(17(2,3)4)21(20-14)9-7-5-6-8-18/h10,13,22H,5-9,11-12H2,1-4H3,(H,19,23). The van der Waals surface area contributed by atoms with E-state index < -0.39 is 0 Å². The summed E-state index contributed by atoms with van der Waals surface area (Å²) in [5.41, 5.74) is 1.27. The molecular formula is C17H30FN3O2. The minimum Gasteiger partial charge on any atom is -0.396 e. The number of carbonyl (C=O) groups excluding carboxylic acids is 1. The molecule has 0 aliphatic rings. The first-order chi connectivity index (χ1) is 10.8. The second-order valence-corrected chi connectivity index (χ2v) is 7.14. The molecule has 0 saturated heterocycles. The summed E-state index contributed by atoms with van der Waals surface area (Å²) in [6.45, 7) is 8.96. The summed E-state index contributed by atoms with van der Waals surface area (Å²) in [5, 5.41) is 16.2. The SMILES string of the molecule is CC(CO)CNC(=O)c1cc(C(C)(C)C)n(CCCCCF)n1. The number of unbranched alkanes of at least 4 members (excludes halogenated alkanes) is 2. The first kappa shape index (κ1) is 19.6. The van der Waals surface area contributed by atoms with Crippen LogP contribution in [0.3, 0.4) is 0 Å². The molecule has 0 spiro atoms. The molecule has 0 aliphatic heterocycles. The maximum absolute atomic E-state index is 12.2. The van der Waals surface area contributed by atoms with Crippen molar-refractivity contribution in [3.05, 3.63) is 17.5 Å². The van der Waals surface area contributed by atoms with Gasteiger partial charge in [0.15, 0.2) is 0 Å². The Labute approximate surface area is 138 Å². The van der Waals surface area contributed by atoms with Crippen molar-refractivity contribution in [2.45, 2.75) is 58.9 Å². The number of halogens is 1. The van der Waals surface area contributed by atoms with E-state index in [1.807, 2.05) is 17.7 Å². The van der Waals surface area contributed by atoms with Crippen LogP contribution in [0.4, 0.5) is 4.39 Å². The molecule has 0 aliphatic carbocycles. The molecule has 1 heterocycles. The minimum absolute atomic E-state index is 0.0174. The fraction of sp³-hybridized carbons (Fsp3) is 0.765. The fourth-order valence-electron chi connectivity index (χ4n) is 2.26. The number of amides is 1. The van der Waals surface area contributed by atoms with Crippen molar-refractivity contribution in [3.8, 4) is 0 Å². The topological polar surface area (TPSA) is 67.2 Å². The molecule has 2 N–H and O–H groups in total. The zero-order valence-electron chi connectivity index (χ0n) is 14.7. The Morgan fingerprint density at radius 1 is 1.39 bits per heavy atom. The number of aryl methyl sites for hydroxylation is 1. The van der Waals surface area contributed by atoms with Crippen LogP contribution >= 0.6 is 0 Å². The van der Waals surface area contributed by atoms with Crippen LogP contribution in [0.25, 0.3) is 0 Å². The molecule has 1 aromatic heterocycles. The van der Waals surface area contributed by atoms with Crippen molar-refractivity contribution < 1.29 is 14.3 Å². The second-order valence-electron chi connectivity index (χ2n) is 7.14. The van der Waals surface area contributed by atoms with Gasteiger partial charge in [0.1, 0.15) is 5.69 Å². The third-order valence-corrected chi connectivity index (χ3v) is 3.71. The molecule has 132 valence electrons. The molecule has 1 amide bonds. The summed E-state index contributed by atoms with van der Waals surface area (Å²) in [5.74, 6) is -0.206. The maximum atomic E-state index is 12.2. The van der Waals surface area contributed by atoms with Crippen molar-refractivity contribution in [1.29, 1.82) is 0 Å². The highest BCUT2D eigenvalue weighted by Crippen LogP contribution is 2.23. The molecule has 23 heavy (non-hydrogen) atoms. The predicted molar refractivity (Wildman–Crippen MR) is 89.3 cm³/mol. The van der Waals surface area contributed by atoms with E-state index in [-0.39, 0.29) is 30.5 Å². The molecule has 1 unspecified atom stereocenters. The van der Waals surface area contributed by atoms with Crippen LogP contribution in [-0.4, -0.2) is 40.6 Å². The number of aliphatic hydroxyl groups is 1. The zero-order chi connectivity index (χ0) is 17.5. The lowest BCUT2D eigenvalue weighted by Crippen LogP contribution is -2.29. The summed E-state index contributed by atoms with van der Waals surface area (Å²) in [6, 6.07) is 1.83. The van der Waals surface area contributed by atoms with Gasteiger partial charge >= 0.3 is 0 Å². The number of alkyl halides is 1. The summed E-state index contributed by atoms with van der Waals surface area (Å²) in [6.07, 6.45) is 2.23. The van der Waals surface area contributed by atoms with E-state index in [1.165, 1.54) is 0 Å². The van der Waals surface area contributed by atoms with Crippen molar-refractivity contribution >= 4 is 5.91 Å². The van der Waals surface area contributed by atoms with Gasteiger partial charge in [0.05, 0.1) is 6.67 Å². The van der Waals surface area contributed by atoms with Crippen LogP contribution < -0.4 is 5.32 Å². The normalized spacial score (nSPS) is 13.1. The molecule has 0 saturated carbocycles. The Morgan fingerprint density at radius 2 is 2.09 bits per heavy atom. The van der Waals surface area contributed by atoms with Gasteiger partial charge < -0.3 is 10.4 Å². The molecular weight excluding hydrogens is 297 g/mol. The zero-order valence-corrected chi connectivity index (χ0v) is 14.7. The quantitative estimate of drug-likeness (QED) is 0.685. The molecule has 1 atom stereocenters. The van der Waals surface area contributed by atoms with Gasteiger partial charge in [-0.1, -0.05) is 27.7 Å². The highest BCUT2D eigenvalue weighted by molar-refractivity contribution is 5.92. The largest absolute Gasteiger partial charge is 0.396 e. The van der Waals surface area contributed by atoms with E-state index in [0.29, 0.717) is 25.2 Å². The highest BCUT2D eigenvalue weighted by atomic mass is 19.1. The molecule has 1 aromatic rings. The maximum Gasteiger partial charge on any atom is 0.271 e. The van der Waals surface area contributed by atoms with Crippen molar-refractivity contribution in [3.63, 3.8) is 0 Å². The van der Waals surface area contributed by atoms with Crippen LogP contribution in [0.2, 0.25) is 0 Å². The number of hydrogen-bond acceptors (Lipinski definition) is 3. The van der Waals surface area contributed by atoms with Gasteiger partial charge in [0, 0.05) is 30.8 Å². The van der Waals surface area contributed by atoms with Gasteiger partial charge in [-0.2, -0.15) is 5.10 Å². The number of aromatic nitrogens is 2. The van der Waals surface area contributed by atoms with Gasteiger partial charge in [-0.15, -0.1) is 0 Å². The van der Waals surface area contributed by atoms with Crippen LogP contribution in [0.15, 0.2) is 6.07 Å². The molecule has 0 radical (unpaired) electrons. The summed E-state index contributed by atoms with van der Waals surface area (Å²) >= 11 is 0. The van der Waals surface area contributed by atoms with Gasteiger partial charge in [-0.05, 0) is 31.2 Å². The van der Waals surface area contributed by atoms with Crippen molar-refractivity contribution in [1.82, 2.24) is 15.1 Å². The third-order valence-electron chi connectivity index (χ3n) is 3.71. The molecule has 0 bridgehead atoms. The first-order valence-electron chi connectivity index (χ1n) is 8.33. The molecule has 0 fully saturated rings. The lowest BCUT2D eigenvalue weighted by molar-refractivity contribution is 0.0936. The summed E-state index contributed by atoms with van der Waals surface area (Å²) < 4.78 is 14.0. The minimum atomic E-state index is -0.290. The highest BCUT2D eigenvalue weighted by Gasteiger charge is 2.23. The molecule has 0 aromatic carbocycles. The van der Waals surface area contributed by atoms with E-state index in [2.05, 4.69) is 31.2 Å². The Morgan fingerprint density at radius 3 is 2.65 bits per heavy atom. The van der Waals surface area contributed by atoms with Crippen molar-refractivity contribution in [2.24, 2.45) is 5.92 Å². The first-order valence-corrected chi connectivity index (χ1v) is 8.33. The third kappa shape index (κ3) is 6.29. The number of rotatable bonds is 9. The Balaban J connectivity index is 2.80. The van der Waals surface area contributed by atoms with Crippen LogP contribution in [0.1, 0.15) is 63.1 Å². The molecule has 6 heteroatoms. The van der Waals surface area contributed by atoms with E-state index in [4.69, 9.17) is 5.11 Å². The average molecular weight is 327 g/mol. The summed E-state index contributed by atoms with van der Waals surface area (Å²) in [7, 11) is 0. The number of nitrogens with one attached hydrogen (secondary N) is 1. The smallest absolute Gasteiger partial charge is 0.271 e. The Kier molecular flexibility index (Phi) is 7.68. The monoisotopic (exact) mass is 327 g/mol. The van der Waals surface area contributed by atoms with Crippen LogP contribution in [-0.2, 0) is 12.0 Å². The lowest BCUT2D eigenvalue weighted by atomic mass is 9.91. The van der Waals surface area contributed by atoms with Crippen LogP contribution in [0, 0.1) is 5.92 Å². The average Bonchev–Trinajstić information content (AvgIpc) is 2.93. The van der Waals surface area contributed by atoms with Gasteiger partial charge in [-0.3, -0.25) is 13.9 Å².